The highest BCUT2D eigenvalue weighted by atomic mass is 32.2. The molecule has 0 aliphatic carbocycles. The first-order valence-corrected chi connectivity index (χ1v) is 7.71. The minimum Gasteiger partial charge on any atom is -0.312 e. The van der Waals surface area contributed by atoms with E-state index in [0.29, 0.717) is 5.56 Å². The van der Waals surface area contributed by atoms with E-state index in [1.165, 1.54) is 10.5 Å². The second-order valence-electron chi connectivity index (χ2n) is 4.97. The van der Waals surface area contributed by atoms with Crippen LogP contribution in [0.1, 0.15) is 22.7 Å². The molecule has 0 heterocycles. The molecule has 106 valence electrons. The van der Waals surface area contributed by atoms with E-state index >= 15 is 0 Å². The Bertz CT molecular complexity index is 566. The van der Waals surface area contributed by atoms with Gasteiger partial charge in [-0.3, -0.25) is 0 Å². The van der Waals surface area contributed by atoms with Crippen molar-refractivity contribution in [2.24, 2.45) is 0 Å². The lowest BCUT2D eigenvalue weighted by Gasteiger charge is -2.17. The van der Waals surface area contributed by atoms with Crippen molar-refractivity contribution in [1.82, 2.24) is 5.32 Å². The molecule has 0 aliphatic heterocycles. The topological polar surface area (TPSA) is 12.0 Å². The highest BCUT2D eigenvalue weighted by Crippen LogP contribution is 2.25. The molecule has 0 spiro atoms. The van der Waals surface area contributed by atoms with Gasteiger partial charge in [-0.05, 0) is 50.2 Å². The van der Waals surface area contributed by atoms with Gasteiger partial charge in [0.2, 0.25) is 0 Å². The Kier molecular flexibility index (Phi) is 5.21. The van der Waals surface area contributed by atoms with Crippen molar-refractivity contribution in [3.63, 3.8) is 0 Å². The van der Waals surface area contributed by atoms with E-state index in [-0.39, 0.29) is 11.9 Å². The van der Waals surface area contributed by atoms with Gasteiger partial charge in [-0.25, -0.2) is 4.39 Å². The van der Waals surface area contributed by atoms with Crippen LogP contribution in [-0.2, 0) is 0 Å². The summed E-state index contributed by atoms with van der Waals surface area (Å²) in [5.74, 6) is 0.741. The molecule has 0 aliphatic rings. The van der Waals surface area contributed by atoms with E-state index in [1.807, 2.05) is 19.2 Å². The molecule has 1 N–H and O–H groups in total. The van der Waals surface area contributed by atoms with Gasteiger partial charge in [-0.15, -0.1) is 11.8 Å². The highest BCUT2D eigenvalue weighted by molar-refractivity contribution is 7.99. The average Bonchev–Trinajstić information content (AvgIpc) is 2.45. The predicted molar refractivity (Wildman–Crippen MR) is 84.8 cm³/mol. The fourth-order valence-electron chi connectivity index (χ4n) is 1.99. The van der Waals surface area contributed by atoms with Crippen molar-refractivity contribution >= 4 is 11.8 Å². The fourth-order valence-corrected chi connectivity index (χ4v) is 3.03. The lowest BCUT2D eigenvalue weighted by Crippen LogP contribution is -2.19. The maximum Gasteiger partial charge on any atom is 0.126 e. The van der Waals surface area contributed by atoms with Crippen LogP contribution < -0.4 is 5.32 Å². The van der Waals surface area contributed by atoms with Gasteiger partial charge in [0.15, 0.2) is 0 Å². The first-order chi connectivity index (χ1) is 9.60. The van der Waals surface area contributed by atoms with Gasteiger partial charge in [-0.2, -0.15) is 0 Å². The summed E-state index contributed by atoms with van der Waals surface area (Å²) >= 11 is 1.78. The molecule has 1 unspecified atom stereocenters. The first-order valence-electron chi connectivity index (χ1n) is 6.73. The van der Waals surface area contributed by atoms with Crippen LogP contribution in [0.2, 0.25) is 0 Å². The van der Waals surface area contributed by atoms with E-state index in [2.05, 4.69) is 36.5 Å². The largest absolute Gasteiger partial charge is 0.312 e. The number of nitrogens with one attached hydrogen (secondary N) is 1. The van der Waals surface area contributed by atoms with Crippen molar-refractivity contribution in [3.8, 4) is 0 Å². The molecule has 1 atom stereocenters. The van der Waals surface area contributed by atoms with E-state index in [9.17, 15) is 4.39 Å². The van der Waals surface area contributed by atoms with E-state index in [4.69, 9.17) is 0 Å². The third kappa shape index (κ3) is 3.84. The second-order valence-corrected chi connectivity index (χ2v) is 6.07. The molecule has 2 aromatic rings. The van der Waals surface area contributed by atoms with Gasteiger partial charge in [0.25, 0.3) is 0 Å². The zero-order chi connectivity index (χ0) is 14.5. The van der Waals surface area contributed by atoms with Crippen molar-refractivity contribution in [1.29, 1.82) is 0 Å². The summed E-state index contributed by atoms with van der Waals surface area (Å²) in [5, 5.41) is 3.26. The van der Waals surface area contributed by atoms with Crippen LogP contribution in [0.25, 0.3) is 0 Å². The van der Waals surface area contributed by atoms with E-state index in [1.54, 1.807) is 24.8 Å². The predicted octanol–water partition coefficient (Wildman–Crippen LogP) is 4.50. The molecular weight excluding hydrogens is 269 g/mol. The molecule has 2 aromatic carbocycles. The lowest BCUT2D eigenvalue weighted by atomic mass is 10.1. The van der Waals surface area contributed by atoms with E-state index in [0.717, 1.165) is 11.3 Å². The number of hydrogen-bond donors (Lipinski definition) is 1. The molecule has 0 saturated heterocycles. The first kappa shape index (κ1) is 15.1. The molecule has 1 nitrogen and oxygen atoms in total. The van der Waals surface area contributed by atoms with Crippen molar-refractivity contribution in [2.45, 2.75) is 24.8 Å². The minimum atomic E-state index is -0.136. The Hall–Kier alpha value is -1.32. The van der Waals surface area contributed by atoms with E-state index < -0.39 is 0 Å². The number of thioether (sulfide) groups is 1. The zero-order valence-electron chi connectivity index (χ0n) is 12.1. The number of hydrogen-bond acceptors (Lipinski definition) is 2. The van der Waals surface area contributed by atoms with Gasteiger partial charge < -0.3 is 5.32 Å². The number of halogens is 1. The second kappa shape index (κ2) is 6.91. The summed E-state index contributed by atoms with van der Waals surface area (Å²) in [4.78, 5) is 1.24. The molecule has 0 radical (unpaired) electrons. The quantitative estimate of drug-likeness (QED) is 0.814. The number of aryl methyl sites for hydroxylation is 2. The Morgan fingerprint density at radius 2 is 1.80 bits per heavy atom. The molecule has 2 rings (SSSR count). The van der Waals surface area contributed by atoms with Crippen LogP contribution in [0.3, 0.4) is 0 Å². The number of rotatable bonds is 5. The molecule has 0 saturated carbocycles. The van der Waals surface area contributed by atoms with Crippen LogP contribution in [0.5, 0.6) is 0 Å². The third-order valence-corrected chi connectivity index (χ3v) is 4.49. The van der Waals surface area contributed by atoms with Crippen LogP contribution in [0.4, 0.5) is 4.39 Å². The number of benzene rings is 2. The summed E-state index contributed by atoms with van der Waals surface area (Å²) in [5.41, 5.74) is 2.95. The fraction of sp³-hybridized carbons (Fsp3) is 0.294. The maximum absolute atomic E-state index is 13.6. The smallest absolute Gasteiger partial charge is 0.126 e. The maximum atomic E-state index is 13.6. The van der Waals surface area contributed by atoms with Gasteiger partial charge in [0.05, 0.1) is 0 Å². The van der Waals surface area contributed by atoms with Gasteiger partial charge in [0, 0.05) is 16.7 Å². The Morgan fingerprint density at radius 1 is 1.10 bits per heavy atom. The summed E-state index contributed by atoms with van der Waals surface area (Å²) in [6.07, 6.45) is 0. The SMILES string of the molecule is CNC(CSc1ccc(C)cc1)c1ccc(C)c(F)c1. The summed E-state index contributed by atoms with van der Waals surface area (Å²) in [7, 11) is 1.91. The van der Waals surface area contributed by atoms with Crippen LogP contribution in [0.15, 0.2) is 47.4 Å². The molecule has 0 bridgehead atoms. The monoisotopic (exact) mass is 289 g/mol. The van der Waals surface area contributed by atoms with Crippen LogP contribution >= 0.6 is 11.8 Å². The molecule has 0 aromatic heterocycles. The van der Waals surface area contributed by atoms with Gasteiger partial charge >= 0.3 is 0 Å². The third-order valence-electron chi connectivity index (χ3n) is 3.38. The summed E-state index contributed by atoms with van der Waals surface area (Å²) in [6, 6.07) is 14.1. The van der Waals surface area contributed by atoms with Crippen molar-refractivity contribution < 1.29 is 4.39 Å². The Balaban J connectivity index is 2.05. The molecule has 3 heteroatoms. The summed E-state index contributed by atoms with van der Waals surface area (Å²) in [6.45, 7) is 3.87. The lowest BCUT2D eigenvalue weighted by molar-refractivity contribution is 0.603. The minimum absolute atomic E-state index is 0.136. The summed E-state index contributed by atoms with van der Waals surface area (Å²) < 4.78 is 13.6. The van der Waals surface area contributed by atoms with Gasteiger partial charge in [-0.1, -0.05) is 29.8 Å². The molecular formula is C17H20FNS. The van der Waals surface area contributed by atoms with Crippen LogP contribution in [0, 0.1) is 19.7 Å². The molecule has 20 heavy (non-hydrogen) atoms. The average molecular weight is 289 g/mol. The standard InChI is InChI=1S/C17H20FNS/c1-12-4-8-15(9-5-12)20-11-17(19-3)14-7-6-13(2)16(18)10-14/h4-10,17,19H,11H2,1-3H3. The highest BCUT2D eigenvalue weighted by Gasteiger charge is 2.11. The Morgan fingerprint density at radius 3 is 2.40 bits per heavy atom. The molecule has 0 amide bonds. The van der Waals surface area contributed by atoms with Crippen molar-refractivity contribution in [2.75, 3.05) is 12.8 Å². The zero-order valence-corrected chi connectivity index (χ0v) is 12.9. The van der Waals surface area contributed by atoms with Gasteiger partial charge in [0.1, 0.15) is 5.82 Å². The normalized spacial score (nSPS) is 12.4. The van der Waals surface area contributed by atoms with Crippen LogP contribution in [-0.4, -0.2) is 12.8 Å². The van der Waals surface area contributed by atoms with Crippen molar-refractivity contribution in [3.05, 3.63) is 65.0 Å². The molecule has 0 fully saturated rings. The Labute approximate surface area is 124 Å².